The summed E-state index contributed by atoms with van der Waals surface area (Å²) in [6, 6.07) is 29.0. The van der Waals surface area contributed by atoms with E-state index in [9.17, 15) is 10.0 Å². The maximum atomic E-state index is 9.43. The van der Waals surface area contributed by atoms with Gasteiger partial charge in [-0.1, -0.05) is 48.5 Å². The second kappa shape index (κ2) is 6.19. The van der Waals surface area contributed by atoms with Gasteiger partial charge in [0.1, 0.15) is 0 Å². The van der Waals surface area contributed by atoms with Crippen LogP contribution in [0.5, 0.6) is 0 Å². The molecule has 0 fully saturated rings. The molecule has 0 atom stereocenters. The van der Waals surface area contributed by atoms with E-state index in [2.05, 4.69) is 65.2 Å². The van der Waals surface area contributed by atoms with Crippen LogP contribution in [0.1, 0.15) is 0 Å². The minimum Gasteiger partial charge on any atom is -0.423 e. The van der Waals surface area contributed by atoms with Crippen LogP contribution in [0.25, 0.3) is 47.7 Å². The van der Waals surface area contributed by atoms with Crippen molar-refractivity contribution in [1.29, 1.82) is 0 Å². The number of aromatic nitrogens is 1. The summed E-state index contributed by atoms with van der Waals surface area (Å²) in [6.45, 7) is 0. The van der Waals surface area contributed by atoms with Gasteiger partial charge >= 0.3 is 7.12 Å². The average Bonchev–Trinajstić information content (AvgIpc) is 3.27. The van der Waals surface area contributed by atoms with Crippen molar-refractivity contribution in [1.82, 2.24) is 4.57 Å². The minimum atomic E-state index is -1.46. The normalized spacial score (nSPS) is 11.8. The number of rotatable bonds is 2. The highest BCUT2D eigenvalue weighted by atomic mass is 32.1. The van der Waals surface area contributed by atoms with Gasteiger partial charge in [0.15, 0.2) is 0 Å². The van der Waals surface area contributed by atoms with E-state index in [0.29, 0.717) is 5.46 Å². The second-order valence-electron chi connectivity index (χ2n) is 7.28. The maximum Gasteiger partial charge on any atom is 0.488 e. The Bertz CT molecular complexity index is 1530. The number of thiophene rings is 1. The molecular formula is C24H16BNO2S. The number of hydrogen-bond donors (Lipinski definition) is 2. The van der Waals surface area contributed by atoms with E-state index in [1.165, 1.54) is 30.9 Å². The molecule has 0 aliphatic heterocycles. The predicted molar refractivity (Wildman–Crippen MR) is 123 cm³/mol. The maximum absolute atomic E-state index is 9.43. The highest BCUT2D eigenvalue weighted by Gasteiger charge is 2.16. The van der Waals surface area contributed by atoms with Gasteiger partial charge in [-0.25, -0.2) is 0 Å². The highest BCUT2D eigenvalue weighted by molar-refractivity contribution is 7.25. The Morgan fingerprint density at radius 1 is 0.621 bits per heavy atom. The van der Waals surface area contributed by atoms with E-state index in [4.69, 9.17) is 0 Å². The molecule has 2 heterocycles. The Morgan fingerprint density at radius 2 is 1.34 bits per heavy atom. The van der Waals surface area contributed by atoms with Crippen molar-refractivity contribution in [3.8, 4) is 5.69 Å². The zero-order valence-electron chi connectivity index (χ0n) is 15.4. The Morgan fingerprint density at radius 3 is 2.14 bits per heavy atom. The van der Waals surface area contributed by atoms with Crippen molar-refractivity contribution in [2.45, 2.75) is 0 Å². The van der Waals surface area contributed by atoms with Crippen molar-refractivity contribution in [3.63, 3.8) is 0 Å². The first-order valence-corrected chi connectivity index (χ1v) is 10.3. The third-order valence-corrected chi connectivity index (χ3v) is 6.75. The number of hydrogen-bond acceptors (Lipinski definition) is 3. The van der Waals surface area contributed by atoms with E-state index in [1.54, 1.807) is 12.1 Å². The average molecular weight is 393 g/mol. The first kappa shape index (κ1) is 16.8. The lowest BCUT2D eigenvalue weighted by Crippen LogP contribution is -2.29. The van der Waals surface area contributed by atoms with Gasteiger partial charge in [-0.15, -0.1) is 11.3 Å². The largest absolute Gasteiger partial charge is 0.488 e. The van der Waals surface area contributed by atoms with Crippen LogP contribution in [0.4, 0.5) is 0 Å². The van der Waals surface area contributed by atoms with Crippen LogP contribution in [-0.4, -0.2) is 21.7 Å². The summed E-state index contributed by atoms with van der Waals surface area (Å²) < 4.78 is 4.84. The van der Waals surface area contributed by atoms with Gasteiger partial charge in [0.2, 0.25) is 0 Å². The smallest absolute Gasteiger partial charge is 0.423 e. The van der Waals surface area contributed by atoms with Crippen molar-refractivity contribution < 1.29 is 10.0 Å². The van der Waals surface area contributed by atoms with Crippen LogP contribution < -0.4 is 5.46 Å². The molecule has 0 saturated carbocycles. The Hall–Kier alpha value is -3.12. The molecule has 3 nitrogen and oxygen atoms in total. The van der Waals surface area contributed by atoms with Gasteiger partial charge in [-0.05, 0) is 41.9 Å². The molecule has 0 bridgehead atoms. The molecule has 0 aliphatic carbocycles. The molecule has 0 aliphatic rings. The van der Waals surface area contributed by atoms with E-state index in [-0.39, 0.29) is 0 Å². The summed E-state index contributed by atoms with van der Waals surface area (Å²) >= 11 is 1.83. The van der Waals surface area contributed by atoms with Crippen LogP contribution in [0, 0.1) is 0 Å². The highest BCUT2D eigenvalue weighted by Crippen LogP contribution is 2.40. The van der Waals surface area contributed by atoms with Gasteiger partial charge in [-0.2, -0.15) is 0 Å². The molecule has 0 unspecified atom stereocenters. The van der Waals surface area contributed by atoms with E-state index >= 15 is 0 Å². The molecule has 6 rings (SSSR count). The zero-order valence-corrected chi connectivity index (χ0v) is 16.2. The summed E-state index contributed by atoms with van der Waals surface area (Å²) in [7, 11) is -1.46. The molecule has 29 heavy (non-hydrogen) atoms. The molecule has 138 valence electrons. The predicted octanol–water partition coefficient (Wildman–Crippen LogP) is 4.83. The zero-order chi connectivity index (χ0) is 19.5. The molecule has 5 heteroatoms. The summed E-state index contributed by atoms with van der Waals surface area (Å²) in [5.41, 5.74) is 3.78. The van der Waals surface area contributed by atoms with Crippen molar-refractivity contribution in [2.24, 2.45) is 0 Å². The molecule has 0 radical (unpaired) electrons. The lowest BCUT2D eigenvalue weighted by Gasteiger charge is -2.09. The van der Waals surface area contributed by atoms with Gasteiger partial charge < -0.3 is 14.6 Å². The second-order valence-corrected chi connectivity index (χ2v) is 8.37. The molecule has 0 spiro atoms. The summed E-state index contributed by atoms with van der Waals surface area (Å²) in [5, 5.41) is 23.9. The third kappa shape index (κ3) is 2.45. The van der Waals surface area contributed by atoms with Crippen LogP contribution in [0.15, 0.2) is 84.9 Å². The van der Waals surface area contributed by atoms with E-state index in [1.807, 2.05) is 23.5 Å². The molecule has 0 amide bonds. The molecule has 2 aromatic heterocycles. The number of nitrogens with zero attached hydrogens (tertiary/aromatic N) is 1. The fraction of sp³-hybridized carbons (Fsp3) is 0. The Balaban J connectivity index is 1.74. The summed E-state index contributed by atoms with van der Waals surface area (Å²) in [6.07, 6.45) is 0. The minimum absolute atomic E-state index is 0.487. The Labute approximate surface area is 171 Å². The topological polar surface area (TPSA) is 45.4 Å². The number of para-hydroxylation sites is 1. The summed E-state index contributed by atoms with van der Waals surface area (Å²) in [5.74, 6) is 0. The van der Waals surface area contributed by atoms with Crippen molar-refractivity contribution in [3.05, 3.63) is 84.9 Å². The van der Waals surface area contributed by atoms with Crippen LogP contribution >= 0.6 is 11.3 Å². The molecule has 4 aromatic carbocycles. The van der Waals surface area contributed by atoms with E-state index in [0.717, 1.165) is 16.7 Å². The van der Waals surface area contributed by atoms with Crippen molar-refractivity contribution >= 4 is 65.9 Å². The van der Waals surface area contributed by atoms with Crippen LogP contribution in [0.3, 0.4) is 0 Å². The van der Waals surface area contributed by atoms with E-state index < -0.39 is 7.12 Å². The van der Waals surface area contributed by atoms with Gasteiger partial charge in [0.25, 0.3) is 0 Å². The number of fused-ring (bicyclic) bond motifs is 6. The fourth-order valence-corrected chi connectivity index (χ4v) is 5.39. The monoisotopic (exact) mass is 393 g/mol. The third-order valence-electron chi connectivity index (χ3n) is 5.62. The fourth-order valence-electron chi connectivity index (χ4n) is 4.26. The number of benzene rings is 4. The SMILES string of the molecule is OB(O)c1ccc(-n2c3ccccc3c3cc4sc5ccccc5c4cc32)cc1. The summed E-state index contributed by atoms with van der Waals surface area (Å²) in [4.78, 5) is 0. The standard InChI is InChI=1S/C24H16BNO2S/c27-25(28)15-9-11-16(12-10-15)26-21-7-3-1-5-17(21)19-14-24-20(13-22(19)26)18-6-2-4-8-23(18)29-24/h1-14,27-28H. The Kier molecular flexibility index (Phi) is 3.59. The molecular weight excluding hydrogens is 377 g/mol. The van der Waals surface area contributed by atoms with Gasteiger partial charge in [0, 0.05) is 36.6 Å². The van der Waals surface area contributed by atoms with Gasteiger partial charge in [-0.3, -0.25) is 0 Å². The van der Waals surface area contributed by atoms with Crippen LogP contribution in [-0.2, 0) is 0 Å². The van der Waals surface area contributed by atoms with Crippen molar-refractivity contribution in [2.75, 3.05) is 0 Å². The van der Waals surface area contributed by atoms with Gasteiger partial charge in [0.05, 0.1) is 11.0 Å². The lowest BCUT2D eigenvalue weighted by molar-refractivity contribution is 0.426. The van der Waals surface area contributed by atoms with Crippen LogP contribution in [0.2, 0.25) is 0 Å². The first-order valence-electron chi connectivity index (χ1n) is 9.51. The molecule has 6 aromatic rings. The quantitative estimate of drug-likeness (QED) is 0.414. The molecule has 2 N–H and O–H groups in total. The lowest BCUT2D eigenvalue weighted by atomic mass is 9.80. The first-order chi connectivity index (χ1) is 14.2. The molecule has 0 saturated heterocycles.